The molecular formula is C25H25N9O. The number of fused-ring (bicyclic) bond motifs is 1. The van der Waals surface area contributed by atoms with Crippen LogP contribution in [0, 0.1) is 6.92 Å². The van der Waals surface area contributed by atoms with Crippen molar-refractivity contribution in [1.29, 1.82) is 0 Å². The lowest BCUT2D eigenvalue weighted by Crippen LogP contribution is -2.37. The van der Waals surface area contributed by atoms with E-state index < -0.39 is 0 Å². The lowest BCUT2D eigenvalue weighted by molar-refractivity contribution is 0.122. The van der Waals surface area contributed by atoms with Gasteiger partial charge in [0.15, 0.2) is 0 Å². The third-order valence-corrected chi connectivity index (χ3v) is 6.06. The first-order valence-corrected chi connectivity index (χ1v) is 11.5. The lowest BCUT2D eigenvalue weighted by Gasteiger charge is -2.27. The normalized spacial score (nSPS) is 13.9. The summed E-state index contributed by atoms with van der Waals surface area (Å²) in [6, 6.07) is 16.3. The second-order valence-electron chi connectivity index (χ2n) is 8.49. The molecule has 2 aromatic carbocycles. The summed E-state index contributed by atoms with van der Waals surface area (Å²) < 4.78 is 9.16. The van der Waals surface area contributed by atoms with E-state index in [4.69, 9.17) is 14.7 Å². The molecule has 1 N–H and O–H groups in total. The van der Waals surface area contributed by atoms with Gasteiger partial charge in [-0.2, -0.15) is 15.2 Å². The number of rotatable bonds is 5. The Kier molecular flexibility index (Phi) is 5.34. The maximum Gasteiger partial charge on any atom is 0.228 e. The predicted molar refractivity (Wildman–Crippen MR) is 134 cm³/mol. The molecule has 176 valence electrons. The number of anilines is 3. The molecule has 0 amide bonds. The van der Waals surface area contributed by atoms with Crippen LogP contribution in [-0.2, 0) is 11.8 Å². The summed E-state index contributed by atoms with van der Waals surface area (Å²) in [4.78, 5) is 16.1. The molecule has 0 aliphatic carbocycles. The van der Waals surface area contributed by atoms with Gasteiger partial charge >= 0.3 is 0 Å². The molecule has 1 aliphatic rings. The number of hydrogen-bond acceptors (Lipinski definition) is 8. The Morgan fingerprint density at radius 1 is 0.971 bits per heavy atom. The second-order valence-corrected chi connectivity index (χ2v) is 8.49. The number of nitrogens with zero attached hydrogens (tertiary/aromatic N) is 8. The summed E-state index contributed by atoms with van der Waals surface area (Å²) in [5, 5.41) is 13.3. The Bertz CT molecular complexity index is 1480. The monoisotopic (exact) mass is 467 g/mol. The first-order chi connectivity index (χ1) is 17.1. The highest BCUT2D eigenvalue weighted by atomic mass is 16.5. The van der Waals surface area contributed by atoms with Crippen molar-refractivity contribution in [2.45, 2.75) is 6.92 Å². The molecule has 3 aromatic heterocycles. The van der Waals surface area contributed by atoms with E-state index in [-0.39, 0.29) is 0 Å². The highest BCUT2D eigenvalue weighted by Gasteiger charge is 2.17. The zero-order valence-corrected chi connectivity index (χ0v) is 19.6. The van der Waals surface area contributed by atoms with E-state index in [2.05, 4.69) is 43.6 Å². The fraction of sp³-hybridized carbons (Fsp3) is 0.240. The number of nitrogens with one attached hydrogen (secondary N) is 1. The number of morpholine rings is 1. The second kappa shape index (κ2) is 8.80. The van der Waals surface area contributed by atoms with Gasteiger partial charge in [-0.05, 0) is 37.3 Å². The van der Waals surface area contributed by atoms with E-state index >= 15 is 0 Å². The number of aromatic nitrogens is 7. The summed E-state index contributed by atoms with van der Waals surface area (Å²) in [5.74, 6) is 2.15. The van der Waals surface area contributed by atoms with E-state index in [0.29, 0.717) is 19.2 Å². The average Bonchev–Trinajstić information content (AvgIpc) is 3.50. The van der Waals surface area contributed by atoms with E-state index in [0.717, 1.165) is 58.3 Å². The van der Waals surface area contributed by atoms with Crippen molar-refractivity contribution >= 4 is 28.4 Å². The summed E-state index contributed by atoms with van der Waals surface area (Å²) in [7, 11) is 1.95. The average molecular weight is 468 g/mol. The van der Waals surface area contributed by atoms with Crippen LogP contribution in [0.15, 0.2) is 61.1 Å². The first kappa shape index (κ1) is 21.2. The van der Waals surface area contributed by atoms with Gasteiger partial charge in [0.25, 0.3) is 0 Å². The minimum atomic E-state index is 0.667. The van der Waals surface area contributed by atoms with Crippen LogP contribution >= 0.6 is 0 Å². The molecule has 0 atom stereocenters. The van der Waals surface area contributed by atoms with E-state index in [1.54, 1.807) is 11.0 Å². The van der Waals surface area contributed by atoms with Crippen LogP contribution in [0.5, 0.6) is 0 Å². The molecule has 1 fully saturated rings. The highest BCUT2D eigenvalue weighted by molar-refractivity contribution is 5.84. The van der Waals surface area contributed by atoms with Gasteiger partial charge in [-0.1, -0.05) is 12.1 Å². The van der Waals surface area contributed by atoms with E-state index in [1.807, 2.05) is 55.2 Å². The molecule has 4 heterocycles. The molecule has 1 aliphatic heterocycles. The topological polar surface area (TPSA) is 98.8 Å². The lowest BCUT2D eigenvalue weighted by atomic mass is 10.1. The van der Waals surface area contributed by atoms with Crippen LogP contribution in [0.4, 0.5) is 17.5 Å². The van der Waals surface area contributed by atoms with Gasteiger partial charge in [0, 0.05) is 42.8 Å². The van der Waals surface area contributed by atoms with Crippen LogP contribution in [0.2, 0.25) is 0 Å². The summed E-state index contributed by atoms with van der Waals surface area (Å²) in [6.45, 7) is 4.73. The van der Waals surface area contributed by atoms with Gasteiger partial charge in [-0.15, -0.1) is 0 Å². The van der Waals surface area contributed by atoms with Gasteiger partial charge in [0.1, 0.15) is 18.0 Å². The van der Waals surface area contributed by atoms with Crippen LogP contribution in [0.1, 0.15) is 5.82 Å². The maximum atomic E-state index is 5.53. The standard InChI is InChI=1S/C25H25N9O/c1-17-26-16-34(31-17)21-7-5-20(6-8-21)28-24-14-22(29-25(30-24)33-9-11-35-12-10-33)18-3-4-19-15-27-32(2)23(19)13-18/h3-8,13-16H,9-12H2,1-2H3,(H,28,29,30). The van der Waals surface area contributed by atoms with Gasteiger partial charge in [0.2, 0.25) is 5.95 Å². The first-order valence-electron chi connectivity index (χ1n) is 11.5. The number of aryl methyl sites for hydroxylation is 2. The smallest absolute Gasteiger partial charge is 0.228 e. The summed E-state index contributed by atoms with van der Waals surface area (Å²) >= 11 is 0. The largest absolute Gasteiger partial charge is 0.378 e. The molecular weight excluding hydrogens is 442 g/mol. The molecule has 0 spiro atoms. The molecule has 35 heavy (non-hydrogen) atoms. The fourth-order valence-corrected chi connectivity index (χ4v) is 4.17. The number of benzene rings is 2. The number of ether oxygens (including phenoxy) is 1. The zero-order valence-electron chi connectivity index (χ0n) is 19.6. The van der Waals surface area contributed by atoms with Crippen molar-refractivity contribution in [2.24, 2.45) is 7.05 Å². The Labute approximate surface area is 202 Å². The van der Waals surface area contributed by atoms with Crippen LogP contribution in [0.3, 0.4) is 0 Å². The van der Waals surface area contributed by atoms with Crippen molar-refractivity contribution in [2.75, 3.05) is 36.5 Å². The van der Waals surface area contributed by atoms with E-state index in [9.17, 15) is 0 Å². The van der Waals surface area contributed by atoms with Gasteiger partial charge in [-0.3, -0.25) is 4.68 Å². The quantitative estimate of drug-likeness (QED) is 0.419. The summed E-state index contributed by atoms with van der Waals surface area (Å²) in [6.07, 6.45) is 3.58. The Morgan fingerprint density at radius 3 is 2.57 bits per heavy atom. The van der Waals surface area contributed by atoms with Gasteiger partial charge in [-0.25, -0.2) is 14.6 Å². The molecule has 10 heteroatoms. The third-order valence-electron chi connectivity index (χ3n) is 6.06. The van der Waals surface area contributed by atoms with Crippen LogP contribution in [0.25, 0.3) is 27.8 Å². The molecule has 5 aromatic rings. The van der Waals surface area contributed by atoms with Crippen LogP contribution < -0.4 is 10.2 Å². The van der Waals surface area contributed by atoms with Crippen molar-refractivity contribution in [3.05, 3.63) is 66.9 Å². The van der Waals surface area contributed by atoms with Gasteiger partial charge in [0.05, 0.1) is 36.3 Å². The van der Waals surface area contributed by atoms with Crippen molar-refractivity contribution in [3.63, 3.8) is 0 Å². The van der Waals surface area contributed by atoms with Crippen molar-refractivity contribution in [3.8, 4) is 16.9 Å². The Morgan fingerprint density at radius 2 is 1.80 bits per heavy atom. The zero-order chi connectivity index (χ0) is 23.8. The highest BCUT2D eigenvalue weighted by Crippen LogP contribution is 2.28. The summed E-state index contributed by atoms with van der Waals surface area (Å²) in [5.41, 5.74) is 4.78. The minimum absolute atomic E-state index is 0.667. The molecule has 0 radical (unpaired) electrons. The number of hydrogen-bond donors (Lipinski definition) is 1. The maximum absolute atomic E-state index is 5.53. The molecule has 0 unspecified atom stereocenters. The minimum Gasteiger partial charge on any atom is -0.378 e. The van der Waals surface area contributed by atoms with Gasteiger partial charge < -0.3 is 15.0 Å². The Balaban J connectivity index is 1.35. The van der Waals surface area contributed by atoms with Crippen LogP contribution in [-0.4, -0.2) is 60.8 Å². The van der Waals surface area contributed by atoms with Crippen molar-refractivity contribution < 1.29 is 4.74 Å². The fourth-order valence-electron chi connectivity index (χ4n) is 4.17. The predicted octanol–water partition coefficient (Wildman–Crippen LogP) is 3.50. The Hall–Kier alpha value is -4.31. The van der Waals surface area contributed by atoms with Crippen molar-refractivity contribution in [1.82, 2.24) is 34.5 Å². The molecule has 0 saturated carbocycles. The van der Waals surface area contributed by atoms with E-state index in [1.165, 1.54) is 0 Å². The molecule has 1 saturated heterocycles. The molecule has 6 rings (SSSR count). The molecule has 10 nitrogen and oxygen atoms in total. The SMILES string of the molecule is Cc1ncn(-c2ccc(Nc3cc(-c4ccc5cnn(C)c5c4)nc(N4CCOCC4)n3)cc2)n1. The molecule has 0 bridgehead atoms. The third kappa shape index (κ3) is 4.31.